The molecule has 2 nitrogen and oxygen atoms in total. The number of carbonyl (C=O) groups excluding carboxylic acids is 1. The summed E-state index contributed by atoms with van der Waals surface area (Å²) < 4.78 is 5.06. The predicted molar refractivity (Wildman–Crippen MR) is 54.0 cm³/mol. The molecule has 13 heavy (non-hydrogen) atoms. The van der Waals surface area contributed by atoms with E-state index >= 15 is 0 Å². The van der Waals surface area contributed by atoms with Crippen molar-refractivity contribution in [1.82, 2.24) is 0 Å². The Bertz CT molecular complexity index is 185. The van der Waals surface area contributed by atoms with Crippen molar-refractivity contribution in [2.45, 2.75) is 25.4 Å². The number of ether oxygens (including phenoxy) is 1. The van der Waals surface area contributed by atoms with Crippen LogP contribution in [-0.4, -0.2) is 19.0 Å². The standard InChI is InChI=1S/C6H10O2.C4H4S/c7-5-6-3-1-2-4-8-6;1-2-4-5-3-1/h5-6H,1-4H2;1-4H. The molecule has 0 saturated carbocycles. The maximum Gasteiger partial charge on any atom is 0.148 e. The fourth-order valence-electron chi connectivity index (χ4n) is 1.10. The minimum Gasteiger partial charge on any atom is -0.371 e. The molecule has 1 aromatic heterocycles. The van der Waals surface area contributed by atoms with Gasteiger partial charge in [0.15, 0.2) is 0 Å². The van der Waals surface area contributed by atoms with Gasteiger partial charge in [0.05, 0.1) is 0 Å². The lowest BCUT2D eigenvalue weighted by Gasteiger charge is -2.16. The molecule has 2 heterocycles. The second kappa shape index (κ2) is 6.80. The van der Waals surface area contributed by atoms with Crippen molar-refractivity contribution in [3.8, 4) is 0 Å². The van der Waals surface area contributed by atoms with E-state index in [1.807, 2.05) is 22.9 Å². The van der Waals surface area contributed by atoms with Gasteiger partial charge in [0.2, 0.25) is 0 Å². The quantitative estimate of drug-likeness (QED) is 0.648. The molecule has 1 atom stereocenters. The zero-order valence-corrected chi connectivity index (χ0v) is 8.33. The average molecular weight is 198 g/mol. The number of hydrogen-bond acceptors (Lipinski definition) is 3. The molecule has 1 aliphatic rings. The van der Waals surface area contributed by atoms with Crippen LogP contribution < -0.4 is 0 Å². The van der Waals surface area contributed by atoms with E-state index in [4.69, 9.17) is 4.74 Å². The van der Waals surface area contributed by atoms with Gasteiger partial charge in [-0.2, -0.15) is 11.3 Å². The number of thiophene rings is 1. The third kappa shape index (κ3) is 4.80. The van der Waals surface area contributed by atoms with E-state index in [9.17, 15) is 4.79 Å². The average Bonchev–Trinajstić information content (AvgIpc) is 2.77. The number of carbonyl (C=O) groups is 1. The zero-order valence-electron chi connectivity index (χ0n) is 7.52. The Balaban J connectivity index is 0.000000145. The minimum absolute atomic E-state index is 0.0938. The fourth-order valence-corrected chi connectivity index (χ4v) is 1.55. The predicted octanol–water partition coefficient (Wildman–Crippen LogP) is 2.50. The van der Waals surface area contributed by atoms with Gasteiger partial charge in [0.1, 0.15) is 12.4 Å². The summed E-state index contributed by atoms with van der Waals surface area (Å²) in [5.74, 6) is 0. The molecule has 1 fully saturated rings. The van der Waals surface area contributed by atoms with Crippen molar-refractivity contribution in [2.24, 2.45) is 0 Å². The smallest absolute Gasteiger partial charge is 0.148 e. The Labute approximate surface area is 82.5 Å². The van der Waals surface area contributed by atoms with Gasteiger partial charge in [-0.05, 0) is 30.0 Å². The van der Waals surface area contributed by atoms with Crippen molar-refractivity contribution in [3.05, 3.63) is 22.9 Å². The molecule has 0 bridgehead atoms. The summed E-state index contributed by atoms with van der Waals surface area (Å²) in [4.78, 5) is 10.0. The lowest BCUT2D eigenvalue weighted by atomic mass is 10.1. The molecule has 1 unspecified atom stereocenters. The first-order valence-corrected chi connectivity index (χ1v) is 5.42. The van der Waals surface area contributed by atoms with Crippen LogP contribution in [0.5, 0.6) is 0 Å². The van der Waals surface area contributed by atoms with Crippen molar-refractivity contribution in [1.29, 1.82) is 0 Å². The minimum atomic E-state index is -0.0938. The molecule has 72 valence electrons. The first-order valence-electron chi connectivity index (χ1n) is 4.47. The Hall–Kier alpha value is -0.670. The van der Waals surface area contributed by atoms with E-state index in [2.05, 4.69) is 0 Å². The molecule has 0 N–H and O–H groups in total. The van der Waals surface area contributed by atoms with Crippen LogP contribution in [0, 0.1) is 0 Å². The fraction of sp³-hybridized carbons (Fsp3) is 0.500. The van der Waals surface area contributed by atoms with Gasteiger partial charge in [0, 0.05) is 6.61 Å². The van der Waals surface area contributed by atoms with Gasteiger partial charge in [-0.15, -0.1) is 0 Å². The summed E-state index contributed by atoms with van der Waals surface area (Å²) in [5.41, 5.74) is 0. The third-order valence-electron chi connectivity index (χ3n) is 1.79. The molecular weight excluding hydrogens is 184 g/mol. The monoisotopic (exact) mass is 198 g/mol. The second-order valence-corrected chi connectivity index (χ2v) is 3.65. The van der Waals surface area contributed by atoms with E-state index in [0.29, 0.717) is 0 Å². The first-order chi connectivity index (χ1) is 6.43. The van der Waals surface area contributed by atoms with Crippen LogP contribution in [0.2, 0.25) is 0 Å². The van der Waals surface area contributed by atoms with Crippen LogP contribution >= 0.6 is 11.3 Å². The number of aldehydes is 1. The van der Waals surface area contributed by atoms with Crippen LogP contribution in [0.4, 0.5) is 0 Å². The Kier molecular flexibility index (Phi) is 5.45. The van der Waals surface area contributed by atoms with Crippen LogP contribution in [0.1, 0.15) is 19.3 Å². The van der Waals surface area contributed by atoms with Crippen molar-refractivity contribution < 1.29 is 9.53 Å². The maximum absolute atomic E-state index is 10.0. The maximum atomic E-state index is 10.0. The highest BCUT2D eigenvalue weighted by Gasteiger charge is 2.10. The van der Waals surface area contributed by atoms with Crippen LogP contribution in [0.3, 0.4) is 0 Å². The molecule has 0 spiro atoms. The molecular formula is C10H14O2S. The molecule has 0 aliphatic carbocycles. The largest absolute Gasteiger partial charge is 0.371 e. The molecule has 1 aliphatic heterocycles. The topological polar surface area (TPSA) is 26.3 Å². The number of hydrogen-bond donors (Lipinski definition) is 0. The van der Waals surface area contributed by atoms with Gasteiger partial charge in [0.25, 0.3) is 0 Å². The summed E-state index contributed by atoms with van der Waals surface area (Å²) in [6.07, 6.45) is 3.97. The summed E-state index contributed by atoms with van der Waals surface area (Å²) in [5, 5.41) is 4.08. The van der Waals surface area contributed by atoms with E-state index in [-0.39, 0.29) is 6.10 Å². The zero-order chi connectivity index (χ0) is 9.36. The highest BCUT2D eigenvalue weighted by atomic mass is 32.1. The molecule has 0 radical (unpaired) electrons. The van der Waals surface area contributed by atoms with Crippen molar-refractivity contribution in [2.75, 3.05) is 6.61 Å². The van der Waals surface area contributed by atoms with Crippen molar-refractivity contribution >= 4 is 17.6 Å². The molecule has 0 amide bonds. The Morgan fingerprint density at radius 1 is 1.31 bits per heavy atom. The van der Waals surface area contributed by atoms with Gasteiger partial charge < -0.3 is 9.53 Å². The van der Waals surface area contributed by atoms with Crippen LogP contribution in [0.15, 0.2) is 22.9 Å². The van der Waals surface area contributed by atoms with Crippen molar-refractivity contribution in [3.63, 3.8) is 0 Å². The van der Waals surface area contributed by atoms with E-state index in [0.717, 1.165) is 32.2 Å². The molecule has 2 rings (SSSR count). The van der Waals surface area contributed by atoms with Gasteiger partial charge >= 0.3 is 0 Å². The normalized spacial score (nSPS) is 21.4. The summed E-state index contributed by atoms with van der Waals surface area (Å²) in [6, 6.07) is 4.04. The molecule has 3 heteroatoms. The first kappa shape index (κ1) is 10.4. The Morgan fingerprint density at radius 2 is 2.08 bits per heavy atom. The number of rotatable bonds is 1. The third-order valence-corrected chi connectivity index (χ3v) is 2.42. The summed E-state index contributed by atoms with van der Waals surface area (Å²) >= 11 is 1.71. The van der Waals surface area contributed by atoms with Crippen LogP contribution in [0.25, 0.3) is 0 Å². The van der Waals surface area contributed by atoms with E-state index in [1.54, 1.807) is 11.3 Å². The lowest BCUT2D eigenvalue weighted by molar-refractivity contribution is -0.120. The van der Waals surface area contributed by atoms with E-state index < -0.39 is 0 Å². The lowest BCUT2D eigenvalue weighted by Crippen LogP contribution is -2.19. The second-order valence-electron chi connectivity index (χ2n) is 2.83. The SMILES string of the molecule is O=CC1CCCCO1.c1ccsc1. The van der Waals surface area contributed by atoms with Gasteiger partial charge in [-0.1, -0.05) is 12.1 Å². The van der Waals surface area contributed by atoms with E-state index in [1.165, 1.54) is 0 Å². The van der Waals surface area contributed by atoms with Gasteiger partial charge in [-0.25, -0.2) is 0 Å². The van der Waals surface area contributed by atoms with Crippen LogP contribution in [-0.2, 0) is 9.53 Å². The molecule has 1 saturated heterocycles. The Morgan fingerprint density at radius 3 is 2.38 bits per heavy atom. The highest BCUT2D eigenvalue weighted by Crippen LogP contribution is 2.09. The summed E-state index contributed by atoms with van der Waals surface area (Å²) in [7, 11) is 0. The van der Waals surface area contributed by atoms with Gasteiger partial charge in [-0.3, -0.25) is 0 Å². The highest BCUT2D eigenvalue weighted by molar-refractivity contribution is 7.07. The summed E-state index contributed by atoms with van der Waals surface area (Å²) in [6.45, 7) is 0.767. The molecule has 1 aromatic rings. The molecule has 0 aromatic carbocycles.